The maximum absolute atomic E-state index is 5.48. The smallest absolute Gasteiger partial charge is 0.226 e. The number of morpholine rings is 1. The van der Waals surface area contributed by atoms with Crippen molar-refractivity contribution in [1.82, 2.24) is 14.9 Å². The van der Waals surface area contributed by atoms with Crippen LogP contribution in [0.5, 0.6) is 5.88 Å². The normalized spacial score (nSPS) is 16.7. The van der Waals surface area contributed by atoms with E-state index >= 15 is 0 Å². The lowest BCUT2D eigenvalue weighted by Crippen LogP contribution is -2.41. The van der Waals surface area contributed by atoms with Crippen molar-refractivity contribution >= 4 is 5.95 Å². The van der Waals surface area contributed by atoms with Crippen molar-refractivity contribution in [2.75, 3.05) is 45.3 Å². The van der Waals surface area contributed by atoms with Crippen LogP contribution in [0, 0.1) is 0 Å². The van der Waals surface area contributed by atoms with Crippen LogP contribution in [0.25, 0.3) is 0 Å². The van der Waals surface area contributed by atoms with Gasteiger partial charge in [0, 0.05) is 31.9 Å². The molecule has 1 aromatic heterocycles. The van der Waals surface area contributed by atoms with Crippen molar-refractivity contribution in [3.63, 3.8) is 0 Å². The van der Waals surface area contributed by atoms with Crippen molar-refractivity contribution in [2.45, 2.75) is 6.04 Å². The van der Waals surface area contributed by atoms with E-state index in [1.165, 1.54) is 5.56 Å². The van der Waals surface area contributed by atoms with E-state index in [0.717, 1.165) is 32.8 Å². The van der Waals surface area contributed by atoms with Crippen molar-refractivity contribution < 1.29 is 9.47 Å². The molecule has 1 saturated heterocycles. The lowest BCUT2D eigenvalue weighted by Gasteiger charge is -2.34. The van der Waals surface area contributed by atoms with E-state index in [9.17, 15) is 0 Å². The Hall–Kier alpha value is -2.18. The van der Waals surface area contributed by atoms with Crippen molar-refractivity contribution in [1.29, 1.82) is 0 Å². The van der Waals surface area contributed by atoms with Gasteiger partial charge in [0.05, 0.1) is 26.4 Å². The quantitative estimate of drug-likeness (QED) is 0.880. The van der Waals surface area contributed by atoms with Gasteiger partial charge in [-0.2, -0.15) is 4.98 Å². The number of nitrogens with zero attached hydrogens (tertiary/aromatic N) is 3. The molecule has 23 heavy (non-hydrogen) atoms. The Kier molecular flexibility index (Phi) is 5.39. The van der Waals surface area contributed by atoms with E-state index in [-0.39, 0.29) is 6.04 Å². The molecule has 1 atom stereocenters. The van der Waals surface area contributed by atoms with Crippen molar-refractivity contribution in [3.05, 3.63) is 48.2 Å². The monoisotopic (exact) mass is 314 g/mol. The fraction of sp³-hybridized carbons (Fsp3) is 0.412. The summed E-state index contributed by atoms with van der Waals surface area (Å²) < 4.78 is 10.6. The Morgan fingerprint density at radius 1 is 1.22 bits per heavy atom. The van der Waals surface area contributed by atoms with Gasteiger partial charge in [0.25, 0.3) is 0 Å². The van der Waals surface area contributed by atoms with Crippen LogP contribution in [0.3, 0.4) is 0 Å². The van der Waals surface area contributed by atoms with Gasteiger partial charge in [-0.3, -0.25) is 4.90 Å². The molecule has 1 fully saturated rings. The summed E-state index contributed by atoms with van der Waals surface area (Å²) in [6.07, 6.45) is 1.69. The molecule has 0 bridgehead atoms. The SMILES string of the molecule is COc1ccnc(NC[C@H](c2ccccc2)N2CCOCC2)n1. The minimum absolute atomic E-state index is 0.259. The Balaban J connectivity index is 1.72. The molecular formula is C17H22N4O2. The number of anilines is 1. The molecule has 2 aromatic rings. The molecule has 1 aliphatic heterocycles. The Bertz CT molecular complexity index is 603. The fourth-order valence-corrected chi connectivity index (χ4v) is 2.75. The summed E-state index contributed by atoms with van der Waals surface area (Å²) in [5, 5.41) is 3.33. The molecule has 0 unspecified atom stereocenters. The van der Waals surface area contributed by atoms with E-state index in [2.05, 4.69) is 44.5 Å². The minimum Gasteiger partial charge on any atom is -0.481 e. The maximum atomic E-state index is 5.48. The van der Waals surface area contributed by atoms with Gasteiger partial charge in [0.1, 0.15) is 0 Å². The molecular weight excluding hydrogens is 292 g/mol. The van der Waals surface area contributed by atoms with Gasteiger partial charge in [-0.1, -0.05) is 30.3 Å². The molecule has 6 heteroatoms. The van der Waals surface area contributed by atoms with E-state index in [0.29, 0.717) is 11.8 Å². The first-order chi connectivity index (χ1) is 11.4. The van der Waals surface area contributed by atoms with Crippen LogP contribution in [0.1, 0.15) is 11.6 Å². The number of ether oxygens (including phenoxy) is 2. The average molecular weight is 314 g/mol. The second-order valence-corrected chi connectivity index (χ2v) is 5.38. The minimum atomic E-state index is 0.259. The Morgan fingerprint density at radius 2 is 2.00 bits per heavy atom. The van der Waals surface area contributed by atoms with E-state index in [1.54, 1.807) is 19.4 Å². The van der Waals surface area contributed by atoms with Crippen LogP contribution in [-0.2, 0) is 4.74 Å². The molecule has 0 aliphatic carbocycles. The molecule has 0 amide bonds. The first-order valence-corrected chi connectivity index (χ1v) is 7.84. The molecule has 3 rings (SSSR count). The van der Waals surface area contributed by atoms with Crippen LogP contribution >= 0.6 is 0 Å². The number of benzene rings is 1. The number of aromatic nitrogens is 2. The largest absolute Gasteiger partial charge is 0.481 e. The Labute approximate surface area is 136 Å². The number of nitrogens with one attached hydrogen (secondary N) is 1. The average Bonchev–Trinajstić information content (AvgIpc) is 2.64. The molecule has 1 N–H and O–H groups in total. The zero-order valence-electron chi connectivity index (χ0n) is 13.3. The third kappa shape index (κ3) is 4.18. The first-order valence-electron chi connectivity index (χ1n) is 7.84. The summed E-state index contributed by atoms with van der Waals surface area (Å²) in [7, 11) is 1.60. The van der Waals surface area contributed by atoms with Gasteiger partial charge in [-0.15, -0.1) is 0 Å². The summed E-state index contributed by atoms with van der Waals surface area (Å²) in [6, 6.07) is 12.5. The molecule has 0 spiro atoms. The second kappa shape index (κ2) is 7.89. The van der Waals surface area contributed by atoms with E-state index < -0.39 is 0 Å². The molecule has 122 valence electrons. The van der Waals surface area contributed by atoms with Gasteiger partial charge in [-0.05, 0) is 5.56 Å². The van der Waals surface area contributed by atoms with Crippen LogP contribution in [-0.4, -0.2) is 54.8 Å². The topological polar surface area (TPSA) is 59.5 Å². The lowest BCUT2D eigenvalue weighted by molar-refractivity contribution is 0.0187. The highest BCUT2D eigenvalue weighted by atomic mass is 16.5. The standard InChI is InChI=1S/C17H22N4O2/c1-22-16-7-8-18-17(20-16)19-13-15(14-5-3-2-4-6-14)21-9-11-23-12-10-21/h2-8,15H,9-13H2,1H3,(H,18,19,20)/t15-/m1/s1. The summed E-state index contributed by atoms with van der Waals surface area (Å²) in [5.74, 6) is 1.14. The van der Waals surface area contributed by atoms with Crippen LogP contribution < -0.4 is 10.1 Å². The Morgan fingerprint density at radius 3 is 2.74 bits per heavy atom. The van der Waals surface area contributed by atoms with Crippen LogP contribution in [0.4, 0.5) is 5.95 Å². The highest BCUT2D eigenvalue weighted by molar-refractivity contribution is 5.29. The molecule has 6 nitrogen and oxygen atoms in total. The predicted molar refractivity (Wildman–Crippen MR) is 88.6 cm³/mol. The molecule has 1 aromatic carbocycles. The summed E-state index contributed by atoms with van der Waals surface area (Å²) in [4.78, 5) is 11.0. The highest BCUT2D eigenvalue weighted by Gasteiger charge is 2.22. The van der Waals surface area contributed by atoms with Crippen molar-refractivity contribution in [3.8, 4) is 5.88 Å². The van der Waals surface area contributed by atoms with Gasteiger partial charge >= 0.3 is 0 Å². The summed E-state index contributed by atoms with van der Waals surface area (Å²) >= 11 is 0. The lowest BCUT2D eigenvalue weighted by atomic mass is 10.0. The summed E-state index contributed by atoms with van der Waals surface area (Å²) in [5.41, 5.74) is 1.28. The predicted octanol–water partition coefficient (Wildman–Crippen LogP) is 1.97. The highest BCUT2D eigenvalue weighted by Crippen LogP contribution is 2.22. The zero-order valence-corrected chi connectivity index (χ0v) is 13.3. The molecule has 0 saturated carbocycles. The maximum Gasteiger partial charge on any atom is 0.226 e. The fourth-order valence-electron chi connectivity index (χ4n) is 2.75. The van der Waals surface area contributed by atoms with Gasteiger partial charge in [0.2, 0.25) is 11.8 Å². The van der Waals surface area contributed by atoms with E-state index in [4.69, 9.17) is 9.47 Å². The van der Waals surface area contributed by atoms with Gasteiger partial charge in [-0.25, -0.2) is 4.98 Å². The second-order valence-electron chi connectivity index (χ2n) is 5.38. The number of hydrogen-bond donors (Lipinski definition) is 1. The first kappa shape index (κ1) is 15.7. The third-order valence-electron chi connectivity index (χ3n) is 3.96. The number of methoxy groups -OCH3 is 1. The van der Waals surface area contributed by atoms with Crippen molar-refractivity contribution in [2.24, 2.45) is 0 Å². The number of rotatable bonds is 6. The van der Waals surface area contributed by atoms with Crippen LogP contribution in [0.15, 0.2) is 42.6 Å². The number of hydrogen-bond acceptors (Lipinski definition) is 6. The summed E-state index contributed by atoms with van der Waals surface area (Å²) in [6.45, 7) is 4.15. The molecule has 0 radical (unpaired) electrons. The van der Waals surface area contributed by atoms with E-state index in [1.807, 2.05) is 6.07 Å². The van der Waals surface area contributed by atoms with Gasteiger partial charge < -0.3 is 14.8 Å². The zero-order chi connectivity index (χ0) is 15.9. The molecule has 1 aliphatic rings. The third-order valence-corrected chi connectivity index (χ3v) is 3.96. The molecule has 2 heterocycles. The van der Waals surface area contributed by atoms with Gasteiger partial charge in [0.15, 0.2) is 0 Å². The van der Waals surface area contributed by atoms with Crippen LogP contribution in [0.2, 0.25) is 0 Å².